The summed E-state index contributed by atoms with van der Waals surface area (Å²) >= 11 is 12.4. The third kappa shape index (κ3) is 9.45. The molecule has 1 aliphatic carbocycles. The van der Waals surface area contributed by atoms with E-state index >= 15 is 0 Å². The largest absolute Gasteiger partial charge is 0.440 e. The quantitative estimate of drug-likeness (QED) is 0.208. The van der Waals surface area contributed by atoms with E-state index in [-0.39, 0.29) is 30.7 Å². The van der Waals surface area contributed by atoms with E-state index in [1.807, 2.05) is 45.9 Å². The van der Waals surface area contributed by atoms with Crippen molar-refractivity contribution in [2.75, 3.05) is 6.54 Å². The van der Waals surface area contributed by atoms with Gasteiger partial charge in [0.05, 0.1) is 6.04 Å². The van der Waals surface area contributed by atoms with Crippen LogP contribution in [0, 0.1) is 11.8 Å². The Morgan fingerprint density at radius 1 is 0.957 bits per heavy atom. The Balaban J connectivity index is 1.54. The smallest absolute Gasteiger partial charge is 0.408 e. The number of halogens is 2. The Bertz CT molecular complexity index is 1440. The summed E-state index contributed by atoms with van der Waals surface area (Å²) in [5, 5.41) is 11.8. The van der Waals surface area contributed by atoms with Crippen LogP contribution in [-0.4, -0.2) is 54.3 Å². The summed E-state index contributed by atoms with van der Waals surface area (Å²) in [4.78, 5) is 65.5. The minimum Gasteiger partial charge on any atom is -0.440 e. The van der Waals surface area contributed by atoms with Crippen molar-refractivity contribution in [1.29, 1.82) is 0 Å². The molecule has 0 radical (unpaired) electrons. The van der Waals surface area contributed by atoms with Crippen LogP contribution < -0.4 is 21.3 Å². The Kier molecular flexibility index (Phi) is 11.7. The van der Waals surface area contributed by atoms with Crippen molar-refractivity contribution in [3.8, 4) is 0 Å². The number of carbonyl (C=O) groups excluding carboxylic acids is 5. The molecule has 1 unspecified atom stereocenters. The van der Waals surface area contributed by atoms with Gasteiger partial charge in [-0.2, -0.15) is 0 Å². The number of rotatable bonds is 14. The van der Waals surface area contributed by atoms with Crippen LogP contribution in [0.1, 0.15) is 77.0 Å². The summed E-state index contributed by atoms with van der Waals surface area (Å²) in [5.41, 5.74) is 0.739. The van der Waals surface area contributed by atoms with E-state index in [0.29, 0.717) is 28.6 Å². The molecule has 4 amide bonds. The number of ether oxygens (including phenoxy) is 1. The molecule has 46 heavy (non-hydrogen) atoms. The first-order chi connectivity index (χ1) is 21.7. The van der Waals surface area contributed by atoms with Crippen LogP contribution in [0.2, 0.25) is 10.0 Å². The molecule has 248 valence electrons. The number of ketones is 1. The van der Waals surface area contributed by atoms with Gasteiger partial charge in [-0.3, -0.25) is 19.2 Å². The van der Waals surface area contributed by atoms with Crippen LogP contribution in [0.25, 0.3) is 0 Å². The number of benzene rings is 2. The Labute approximate surface area is 279 Å². The van der Waals surface area contributed by atoms with Crippen molar-refractivity contribution in [3.63, 3.8) is 0 Å². The summed E-state index contributed by atoms with van der Waals surface area (Å²) in [6.07, 6.45) is 0.594. The maximum Gasteiger partial charge on any atom is 0.408 e. The molecule has 2 aliphatic rings. The van der Waals surface area contributed by atoms with Crippen molar-refractivity contribution < 1.29 is 28.7 Å². The molecule has 2 fully saturated rings. The molecule has 1 saturated heterocycles. The van der Waals surface area contributed by atoms with Gasteiger partial charge in [-0.1, -0.05) is 75.2 Å². The summed E-state index contributed by atoms with van der Waals surface area (Å²) in [6, 6.07) is 11.8. The van der Waals surface area contributed by atoms with Gasteiger partial charge in [-0.05, 0) is 73.4 Å². The average Bonchev–Trinajstić information content (AvgIpc) is 3.73. The normalized spacial score (nSPS) is 18.2. The third-order valence-electron chi connectivity index (χ3n) is 8.39. The Hall–Kier alpha value is -3.63. The molecular formula is C34H42Cl2N4O6. The van der Waals surface area contributed by atoms with Gasteiger partial charge >= 0.3 is 6.09 Å². The lowest BCUT2D eigenvalue weighted by molar-refractivity contribution is -0.141. The van der Waals surface area contributed by atoms with Crippen molar-refractivity contribution in [2.45, 2.75) is 89.4 Å². The second kappa shape index (κ2) is 15.3. The minimum absolute atomic E-state index is 0.0280. The lowest BCUT2D eigenvalue weighted by Gasteiger charge is -2.35. The van der Waals surface area contributed by atoms with Gasteiger partial charge in [-0.15, -0.1) is 0 Å². The highest BCUT2D eigenvalue weighted by molar-refractivity contribution is 6.38. The molecule has 1 aliphatic heterocycles. The predicted molar refractivity (Wildman–Crippen MR) is 175 cm³/mol. The van der Waals surface area contributed by atoms with E-state index < -0.39 is 53.2 Å². The fourth-order valence-electron chi connectivity index (χ4n) is 5.60. The molecule has 4 rings (SSSR count). The molecule has 0 aromatic heterocycles. The highest BCUT2D eigenvalue weighted by Gasteiger charge is 2.39. The lowest BCUT2D eigenvalue weighted by Crippen LogP contribution is -2.55. The molecule has 12 heteroatoms. The van der Waals surface area contributed by atoms with Crippen molar-refractivity contribution >= 4 is 52.8 Å². The fraction of sp³-hybridized carbons (Fsp3) is 0.500. The molecule has 2 aromatic carbocycles. The molecule has 1 saturated carbocycles. The van der Waals surface area contributed by atoms with Crippen molar-refractivity contribution in [3.05, 3.63) is 69.7 Å². The monoisotopic (exact) mass is 672 g/mol. The molecule has 0 spiro atoms. The summed E-state index contributed by atoms with van der Waals surface area (Å²) in [5.74, 6) is -3.06. The number of carbonyl (C=O) groups is 5. The predicted octanol–water partition coefficient (Wildman–Crippen LogP) is 5.01. The van der Waals surface area contributed by atoms with Gasteiger partial charge in [0.2, 0.25) is 17.6 Å². The van der Waals surface area contributed by atoms with E-state index in [9.17, 15) is 24.0 Å². The fourth-order valence-corrected chi connectivity index (χ4v) is 5.91. The standard InChI is InChI=1S/C34H42Cl2N4O6/c1-19(2)16-27(31(43)39-26(17-21-14-15-37-30(21)42)28(41)32(44)38-25-12-13-25)40-33(45)46-29(20-8-10-23(35)11-9-20)34(3,4)22-6-5-7-24(36)18-22/h5-11,18-19,21,25-27,29H,12-17H2,1-4H3,(H,37,42)(H,38,44)(H,39,43)(H,40,45)/t21-,26-,27-,29?/m0/s1. The zero-order valence-electron chi connectivity index (χ0n) is 26.5. The summed E-state index contributed by atoms with van der Waals surface area (Å²) in [6.45, 7) is 8.08. The van der Waals surface area contributed by atoms with E-state index in [1.54, 1.807) is 30.3 Å². The van der Waals surface area contributed by atoms with Crippen LogP contribution in [0.4, 0.5) is 4.79 Å². The number of Topliss-reactive ketones (excluding diaryl/α,β-unsaturated/α-hetero) is 1. The van der Waals surface area contributed by atoms with Crippen LogP contribution in [0.15, 0.2) is 48.5 Å². The molecule has 1 heterocycles. The molecular weight excluding hydrogens is 631 g/mol. The van der Waals surface area contributed by atoms with Gasteiger partial charge in [0.1, 0.15) is 12.1 Å². The van der Waals surface area contributed by atoms with Gasteiger partial charge in [-0.25, -0.2) is 4.79 Å². The van der Waals surface area contributed by atoms with E-state index in [4.69, 9.17) is 27.9 Å². The summed E-state index contributed by atoms with van der Waals surface area (Å²) < 4.78 is 6.06. The second-order valence-corrected chi connectivity index (χ2v) is 14.0. The molecule has 10 nitrogen and oxygen atoms in total. The molecule has 4 atom stereocenters. The van der Waals surface area contributed by atoms with Crippen LogP contribution in [0.5, 0.6) is 0 Å². The van der Waals surface area contributed by atoms with E-state index in [1.165, 1.54) is 0 Å². The van der Waals surface area contributed by atoms with Gasteiger partial charge < -0.3 is 26.0 Å². The van der Waals surface area contributed by atoms with Gasteiger partial charge in [0.15, 0.2) is 0 Å². The molecule has 0 bridgehead atoms. The zero-order valence-corrected chi connectivity index (χ0v) is 28.0. The molecule has 4 N–H and O–H groups in total. The number of amides is 4. The van der Waals surface area contributed by atoms with Crippen LogP contribution in [0.3, 0.4) is 0 Å². The summed E-state index contributed by atoms with van der Waals surface area (Å²) in [7, 11) is 0. The lowest BCUT2D eigenvalue weighted by atomic mass is 9.76. The minimum atomic E-state index is -1.24. The maximum absolute atomic E-state index is 13.7. The van der Waals surface area contributed by atoms with E-state index in [0.717, 1.165) is 18.4 Å². The van der Waals surface area contributed by atoms with Gasteiger partial charge in [0.25, 0.3) is 5.91 Å². The SMILES string of the molecule is CC(C)C[C@H](NC(=O)OC(c1ccc(Cl)cc1)C(C)(C)c1cccc(Cl)c1)C(=O)N[C@@H](C[C@@H]1CCNC1=O)C(=O)C(=O)NC1CC1. The zero-order chi connectivity index (χ0) is 33.6. The van der Waals surface area contributed by atoms with E-state index in [2.05, 4.69) is 21.3 Å². The highest BCUT2D eigenvalue weighted by atomic mass is 35.5. The van der Waals surface area contributed by atoms with Crippen molar-refractivity contribution in [2.24, 2.45) is 11.8 Å². The first kappa shape index (κ1) is 35.2. The van der Waals surface area contributed by atoms with Crippen LogP contribution in [-0.2, 0) is 29.3 Å². The number of hydrogen-bond donors (Lipinski definition) is 4. The Morgan fingerprint density at radius 3 is 2.24 bits per heavy atom. The first-order valence-electron chi connectivity index (χ1n) is 15.7. The van der Waals surface area contributed by atoms with Gasteiger partial charge in [0, 0.05) is 34.0 Å². The highest BCUT2D eigenvalue weighted by Crippen LogP contribution is 2.40. The number of alkyl carbamates (subject to hydrolysis) is 1. The second-order valence-electron chi connectivity index (χ2n) is 13.1. The molecule has 2 aromatic rings. The maximum atomic E-state index is 13.7. The Morgan fingerprint density at radius 2 is 1.65 bits per heavy atom. The number of hydrogen-bond acceptors (Lipinski definition) is 6. The topological polar surface area (TPSA) is 143 Å². The third-order valence-corrected chi connectivity index (χ3v) is 8.88. The first-order valence-corrected chi connectivity index (χ1v) is 16.4. The average molecular weight is 674 g/mol. The van der Waals surface area contributed by atoms with Crippen molar-refractivity contribution in [1.82, 2.24) is 21.3 Å². The number of nitrogens with one attached hydrogen (secondary N) is 4. The van der Waals surface area contributed by atoms with Crippen LogP contribution >= 0.6 is 23.2 Å².